The second-order valence-electron chi connectivity index (χ2n) is 4.81. The van der Waals surface area contributed by atoms with Crippen LogP contribution in [-0.2, 0) is 16.1 Å². The second kappa shape index (κ2) is 11.1. The molecule has 0 aromatic heterocycles. The van der Waals surface area contributed by atoms with E-state index in [1.165, 1.54) is 5.56 Å². The van der Waals surface area contributed by atoms with Crippen molar-refractivity contribution in [1.29, 1.82) is 0 Å². The molecule has 0 unspecified atom stereocenters. The van der Waals surface area contributed by atoms with Crippen LogP contribution >= 0.6 is 0 Å². The summed E-state index contributed by atoms with van der Waals surface area (Å²) in [6, 6.07) is 7.80. The van der Waals surface area contributed by atoms with E-state index in [1.807, 2.05) is 24.3 Å². The van der Waals surface area contributed by atoms with E-state index in [4.69, 9.17) is 9.47 Å². The predicted molar refractivity (Wildman–Crippen MR) is 83.4 cm³/mol. The summed E-state index contributed by atoms with van der Waals surface area (Å²) in [4.78, 5) is 11.5. The second-order valence-corrected chi connectivity index (χ2v) is 4.81. The molecule has 0 saturated heterocycles. The molecule has 0 aliphatic heterocycles. The molecule has 0 atom stereocenters. The maximum absolute atomic E-state index is 11.5. The van der Waals surface area contributed by atoms with Crippen molar-refractivity contribution in [3.8, 4) is 5.75 Å². The number of hydrogen-bond donors (Lipinski definition) is 2. The summed E-state index contributed by atoms with van der Waals surface area (Å²) in [6.45, 7) is 5.31. The van der Waals surface area contributed by atoms with Crippen molar-refractivity contribution in [2.24, 2.45) is 0 Å². The van der Waals surface area contributed by atoms with Crippen LogP contribution in [0.15, 0.2) is 24.3 Å². The number of methoxy groups -OCH3 is 1. The summed E-state index contributed by atoms with van der Waals surface area (Å²) < 4.78 is 10.4. The van der Waals surface area contributed by atoms with E-state index in [2.05, 4.69) is 17.6 Å². The van der Waals surface area contributed by atoms with Crippen LogP contribution in [0.4, 0.5) is 0 Å². The Labute approximate surface area is 127 Å². The molecule has 0 aliphatic rings. The SMILES string of the molecule is CCCNCc1ccc(OCC(=O)NCCCOC)cc1. The molecule has 5 heteroatoms. The number of amides is 1. The molecule has 0 heterocycles. The van der Waals surface area contributed by atoms with E-state index in [0.29, 0.717) is 18.9 Å². The molecule has 2 N–H and O–H groups in total. The third kappa shape index (κ3) is 8.32. The molecule has 0 saturated carbocycles. The number of nitrogens with one attached hydrogen (secondary N) is 2. The Morgan fingerprint density at radius 1 is 1.19 bits per heavy atom. The zero-order chi connectivity index (χ0) is 15.3. The van der Waals surface area contributed by atoms with E-state index in [-0.39, 0.29) is 12.5 Å². The van der Waals surface area contributed by atoms with Gasteiger partial charge in [-0.25, -0.2) is 0 Å². The number of benzene rings is 1. The molecule has 1 rings (SSSR count). The van der Waals surface area contributed by atoms with Crippen LogP contribution in [0.25, 0.3) is 0 Å². The third-order valence-corrected chi connectivity index (χ3v) is 2.90. The van der Waals surface area contributed by atoms with Crippen LogP contribution in [0.1, 0.15) is 25.3 Å². The predicted octanol–water partition coefficient (Wildman–Crippen LogP) is 1.72. The number of carbonyl (C=O) groups excluding carboxylic acids is 1. The topological polar surface area (TPSA) is 59.6 Å². The Morgan fingerprint density at radius 3 is 2.62 bits per heavy atom. The van der Waals surface area contributed by atoms with Gasteiger partial charge in [0.2, 0.25) is 0 Å². The zero-order valence-electron chi connectivity index (χ0n) is 13.0. The van der Waals surface area contributed by atoms with E-state index in [1.54, 1.807) is 7.11 Å². The minimum atomic E-state index is -0.111. The summed E-state index contributed by atoms with van der Waals surface area (Å²) in [5.41, 5.74) is 1.21. The molecule has 0 spiro atoms. The molecule has 5 nitrogen and oxygen atoms in total. The summed E-state index contributed by atoms with van der Waals surface area (Å²) in [6.07, 6.45) is 1.93. The Kier molecular flexibility index (Phi) is 9.24. The summed E-state index contributed by atoms with van der Waals surface area (Å²) in [7, 11) is 1.65. The van der Waals surface area contributed by atoms with Crippen LogP contribution in [0.3, 0.4) is 0 Å². The first-order chi connectivity index (χ1) is 10.3. The lowest BCUT2D eigenvalue weighted by atomic mass is 10.2. The molecule has 0 bridgehead atoms. The summed E-state index contributed by atoms with van der Waals surface area (Å²) in [5, 5.41) is 6.12. The highest BCUT2D eigenvalue weighted by molar-refractivity contribution is 5.77. The van der Waals surface area contributed by atoms with Crippen molar-refractivity contribution in [3.05, 3.63) is 29.8 Å². The molecule has 118 valence electrons. The average Bonchev–Trinajstić information content (AvgIpc) is 2.51. The Balaban J connectivity index is 2.21. The van der Waals surface area contributed by atoms with Gasteiger partial charge in [0.1, 0.15) is 5.75 Å². The lowest BCUT2D eigenvalue weighted by Gasteiger charge is -2.08. The number of ether oxygens (including phenoxy) is 2. The van der Waals surface area contributed by atoms with Gasteiger partial charge in [-0.05, 0) is 37.1 Å². The van der Waals surface area contributed by atoms with Crippen LogP contribution in [0.2, 0.25) is 0 Å². The van der Waals surface area contributed by atoms with Crippen LogP contribution in [0, 0.1) is 0 Å². The summed E-state index contributed by atoms with van der Waals surface area (Å²) in [5.74, 6) is 0.598. The Morgan fingerprint density at radius 2 is 1.95 bits per heavy atom. The van der Waals surface area contributed by atoms with Gasteiger partial charge >= 0.3 is 0 Å². The van der Waals surface area contributed by atoms with Gasteiger partial charge in [-0.1, -0.05) is 19.1 Å². The number of hydrogen-bond acceptors (Lipinski definition) is 4. The minimum Gasteiger partial charge on any atom is -0.484 e. The fourth-order valence-corrected chi connectivity index (χ4v) is 1.76. The van der Waals surface area contributed by atoms with Crippen molar-refractivity contribution < 1.29 is 14.3 Å². The van der Waals surface area contributed by atoms with Crippen LogP contribution in [0.5, 0.6) is 5.75 Å². The lowest BCUT2D eigenvalue weighted by Crippen LogP contribution is -2.30. The van der Waals surface area contributed by atoms with Gasteiger partial charge in [0.15, 0.2) is 6.61 Å². The van der Waals surface area contributed by atoms with Gasteiger partial charge in [0, 0.05) is 26.8 Å². The van der Waals surface area contributed by atoms with Crippen molar-refractivity contribution in [2.45, 2.75) is 26.3 Å². The Bertz CT molecular complexity index is 393. The molecular formula is C16H26N2O3. The van der Waals surface area contributed by atoms with E-state index in [0.717, 1.165) is 25.9 Å². The first kappa shape index (κ1) is 17.5. The molecule has 1 amide bonds. The number of rotatable bonds is 11. The standard InChI is InChI=1S/C16H26N2O3/c1-3-9-17-12-14-5-7-15(8-6-14)21-13-16(19)18-10-4-11-20-2/h5-8,17H,3-4,9-13H2,1-2H3,(H,18,19). The molecule has 0 fully saturated rings. The highest BCUT2D eigenvalue weighted by Crippen LogP contribution is 2.11. The van der Waals surface area contributed by atoms with Gasteiger partial charge in [0.05, 0.1) is 0 Å². The molecule has 0 radical (unpaired) electrons. The highest BCUT2D eigenvalue weighted by Gasteiger charge is 2.02. The quantitative estimate of drug-likeness (QED) is 0.610. The van der Waals surface area contributed by atoms with Crippen molar-refractivity contribution in [3.63, 3.8) is 0 Å². The van der Waals surface area contributed by atoms with E-state index < -0.39 is 0 Å². The maximum Gasteiger partial charge on any atom is 0.257 e. The van der Waals surface area contributed by atoms with Gasteiger partial charge in [-0.3, -0.25) is 4.79 Å². The van der Waals surface area contributed by atoms with E-state index in [9.17, 15) is 4.79 Å². The summed E-state index contributed by atoms with van der Waals surface area (Å²) >= 11 is 0. The van der Waals surface area contributed by atoms with Gasteiger partial charge in [-0.2, -0.15) is 0 Å². The van der Waals surface area contributed by atoms with Crippen molar-refractivity contribution >= 4 is 5.91 Å². The maximum atomic E-state index is 11.5. The molecule has 1 aromatic carbocycles. The largest absolute Gasteiger partial charge is 0.484 e. The molecular weight excluding hydrogens is 268 g/mol. The fraction of sp³-hybridized carbons (Fsp3) is 0.562. The minimum absolute atomic E-state index is 0.0421. The molecule has 21 heavy (non-hydrogen) atoms. The molecule has 1 aromatic rings. The highest BCUT2D eigenvalue weighted by atomic mass is 16.5. The third-order valence-electron chi connectivity index (χ3n) is 2.90. The van der Waals surface area contributed by atoms with Crippen molar-refractivity contribution in [2.75, 3.05) is 33.4 Å². The van der Waals surface area contributed by atoms with Gasteiger partial charge in [0.25, 0.3) is 5.91 Å². The van der Waals surface area contributed by atoms with Crippen molar-refractivity contribution in [1.82, 2.24) is 10.6 Å². The zero-order valence-corrected chi connectivity index (χ0v) is 13.0. The van der Waals surface area contributed by atoms with E-state index >= 15 is 0 Å². The first-order valence-electron chi connectivity index (χ1n) is 7.44. The fourth-order valence-electron chi connectivity index (χ4n) is 1.76. The average molecular weight is 294 g/mol. The molecule has 0 aliphatic carbocycles. The Hall–Kier alpha value is -1.59. The normalized spacial score (nSPS) is 10.4. The monoisotopic (exact) mass is 294 g/mol. The smallest absolute Gasteiger partial charge is 0.257 e. The van der Waals surface area contributed by atoms with Gasteiger partial charge in [-0.15, -0.1) is 0 Å². The lowest BCUT2D eigenvalue weighted by molar-refractivity contribution is -0.123. The van der Waals surface area contributed by atoms with Crippen LogP contribution < -0.4 is 15.4 Å². The first-order valence-corrected chi connectivity index (χ1v) is 7.44. The number of carbonyl (C=O) groups is 1. The van der Waals surface area contributed by atoms with Gasteiger partial charge < -0.3 is 20.1 Å². The van der Waals surface area contributed by atoms with Crippen LogP contribution in [-0.4, -0.2) is 39.3 Å².